The maximum atomic E-state index is 4.81. The van der Waals surface area contributed by atoms with Crippen molar-refractivity contribution in [2.45, 2.75) is 0 Å². The van der Waals surface area contributed by atoms with Gasteiger partial charge in [-0.3, -0.25) is 0 Å². The Morgan fingerprint density at radius 1 is 0.615 bits per heavy atom. The average Bonchev–Trinajstić information content (AvgIpc) is 3.40. The fraction of sp³-hybridized carbons (Fsp3) is 0. The lowest BCUT2D eigenvalue weighted by Gasteiger charge is -1.90. The summed E-state index contributed by atoms with van der Waals surface area (Å²) >= 11 is 3.26. The number of aromatic amines is 2. The van der Waals surface area contributed by atoms with Gasteiger partial charge in [-0.1, -0.05) is 59.1 Å². The number of nitrogens with one attached hydrogen (secondary N) is 2. The number of hydrogen-bond acceptors (Lipinski definition) is 4. The minimum Gasteiger partial charge on any atom is -0.353 e. The second-order valence-corrected chi connectivity index (χ2v) is 8.14. The van der Waals surface area contributed by atoms with Crippen molar-refractivity contribution >= 4 is 54.1 Å². The molecule has 0 aliphatic heterocycles. The molecule has 26 heavy (non-hydrogen) atoms. The van der Waals surface area contributed by atoms with Crippen molar-refractivity contribution in [2.75, 3.05) is 0 Å². The zero-order valence-electron chi connectivity index (χ0n) is 13.5. The lowest BCUT2D eigenvalue weighted by Crippen LogP contribution is -1.74. The molecule has 0 aliphatic carbocycles. The van der Waals surface area contributed by atoms with Gasteiger partial charge >= 0.3 is 0 Å². The molecule has 0 bridgehead atoms. The lowest BCUT2D eigenvalue weighted by molar-refractivity contribution is 1.40. The van der Waals surface area contributed by atoms with E-state index in [-0.39, 0.29) is 0 Å². The van der Waals surface area contributed by atoms with Gasteiger partial charge in [0.15, 0.2) is 9.66 Å². The first-order valence-corrected chi connectivity index (χ1v) is 9.90. The molecule has 0 fully saturated rings. The van der Waals surface area contributed by atoms with Gasteiger partial charge in [0.1, 0.15) is 10.0 Å². The maximum absolute atomic E-state index is 4.81. The molecular weight excluding hydrogens is 360 g/mol. The fourth-order valence-corrected chi connectivity index (χ4v) is 5.23. The van der Waals surface area contributed by atoms with E-state index in [1.165, 1.54) is 10.8 Å². The molecule has 0 atom stereocenters. The summed E-state index contributed by atoms with van der Waals surface area (Å²) in [5.41, 5.74) is 4.36. The van der Waals surface area contributed by atoms with Crippen molar-refractivity contribution in [2.24, 2.45) is 0 Å². The molecule has 4 aromatic heterocycles. The first-order valence-electron chi connectivity index (χ1n) is 8.27. The summed E-state index contributed by atoms with van der Waals surface area (Å²) in [5, 5.41) is 4.37. The quantitative estimate of drug-likeness (QED) is 0.389. The van der Waals surface area contributed by atoms with Crippen LogP contribution < -0.4 is 0 Å². The van der Waals surface area contributed by atoms with Gasteiger partial charge in [0.25, 0.3) is 0 Å². The van der Waals surface area contributed by atoms with Crippen LogP contribution in [0.5, 0.6) is 0 Å². The van der Waals surface area contributed by atoms with Crippen LogP contribution in [0.25, 0.3) is 52.9 Å². The Morgan fingerprint density at radius 2 is 1.08 bits per heavy atom. The Kier molecular flexibility index (Phi) is 2.88. The normalized spacial score (nSPS) is 11.8. The number of rotatable bonds is 2. The predicted molar refractivity (Wildman–Crippen MR) is 110 cm³/mol. The first-order chi connectivity index (χ1) is 12.8. The van der Waals surface area contributed by atoms with E-state index in [2.05, 4.69) is 58.5 Å². The summed E-state index contributed by atoms with van der Waals surface area (Å²) in [5.74, 6) is 0. The van der Waals surface area contributed by atoms with Crippen LogP contribution in [0.2, 0.25) is 0 Å². The molecule has 0 unspecified atom stereocenters. The summed E-state index contributed by atoms with van der Waals surface area (Å²) in [7, 11) is 0. The predicted octanol–water partition coefficient (Wildman–Crippen LogP) is 6.05. The monoisotopic (exact) mass is 372 g/mol. The number of para-hydroxylation sites is 2. The number of hydrogen-bond donors (Lipinski definition) is 2. The zero-order chi connectivity index (χ0) is 17.1. The van der Waals surface area contributed by atoms with Gasteiger partial charge < -0.3 is 9.97 Å². The highest BCUT2D eigenvalue weighted by Crippen LogP contribution is 2.37. The van der Waals surface area contributed by atoms with Crippen molar-refractivity contribution < 1.29 is 0 Å². The molecule has 4 heterocycles. The first kappa shape index (κ1) is 14.2. The fourth-order valence-electron chi connectivity index (χ4n) is 3.25. The molecule has 2 aromatic carbocycles. The molecule has 0 saturated heterocycles. The molecular formula is C20H12N4S2. The molecule has 0 aliphatic rings. The van der Waals surface area contributed by atoms with Gasteiger partial charge in [-0.25, -0.2) is 9.97 Å². The number of thiazole rings is 2. The molecule has 124 valence electrons. The van der Waals surface area contributed by atoms with E-state index in [4.69, 9.17) is 9.97 Å². The van der Waals surface area contributed by atoms with Crippen molar-refractivity contribution in [3.05, 3.63) is 60.7 Å². The molecule has 6 aromatic rings. The SMILES string of the molecule is c1ccc2[nH]c(-c3nc4sc(-c5cc6ccccc6[nH]5)nc4s3)cc2c1. The Bertz CT molecular complexity index is 1200. The van der Waals surface area contributed by atoms with Crippen LogP contribution in [-0.2, 0) is 0 Å². The number of H-pyrrole nitrogens is 2. The summed E-state index contributed by atoms with van der Waals surface area (Å²) in [6, 6.07) is 20.9. The highest BCUT2D eigenvalue weighted by atomic mass is 32.1. The van der Waals surface area contributed by atoms with Gasteiger partial charge in [-0.05, 0) is 24.3 Å². The van der Waals surface area contributed by atoms with Crippen LogP contribution in [0.15, 0.2) is 60.7 Å². The lowest BCUT2D eigenvalue weighted by atomic mass is 10.2. The number of nitrogens with zero attached hydrogens (tertiary/aromatic N) is 2. The van der Waals surface area contributed by atoms with E-state index in [1.807, 2.05) is 12.1 Å². The number of fused-ring (bicyclic) bond motifs is 3. The van der Waals surface area contributed by atoms with Crippen LogP contribution in [0.4, 0.5) is 0 Å². The summed E-state index contributed by atoms with van der Waals surface area (Å²) in [6.45, 7) is 0. The van der Waals surface area contributed by atoms with Crippen LogP contribution in [0, 0.1) is 0 Å². The molecule has 0 saturated carbocycles. The third kappa shape index (κ3) is 2.13. The van der Waals surface area contributed by atoms with Crippen LogP contribution in [-0.4, -0.2) is 19.9 Å². The highest BCUT2D eigenvalue weighted by Gasteiger charge is 2.15. The van der Waals surface area contributed by atoms with Gasteiger partial charge in [0.2, 0.25) is 0 Å². The van der Waals surface area contributed by atoms with Gasteiger partial charge in [-0.15, -0.1) is 0 Å². The van der Waals surface area contributed by atoms with Crippen molar-refractivity contribution in [3.8, 4) is 21.4 Å². The van der Waals surface area contributed by atoms with Gasteiger partial charge in [-0.2, -0.15) is 0 Å². The minimum absolute atomic E-state index is 0.984. The van der Waals surface area contributed by atoms with Gasteiger partial charge in [0, 0.05) is 21.8 Å². The third-order valence-corrected chi connectivity index (χ3v) is 6.59. The molecule has 4 nitrogen and oxygen atoms in total. The summed E-state index contributed by atoms with van der Waals surface area (Å²) in [4.78, 5) is 18.5. The molecule has 0 spiro atoms. The second kappa shape index (κ2) is 5.27. The van der Waals surface area contributed by atoms with Crippen LogP contribution >= 0.6 is 22.7 Å². The van der Waals surface area contributed by atoms with E-state index in [0.29, 0.717) is 0 Å². The largest absolute Gasteiger partial charge is 0.353 e. The van der Waals surface area contributed by atoms with E-state index < -0.39 is 0 Å². The average molecular weight is 372 g/mol. The molecule has 6 rings (SSSR count). The Hall–Kier alpha value is -2.96. The Balaban J connectivity index is 1.44. The van der Waals surface area contributed by atoms with Crippen LogP contribution in [0.1, 0.15) is 0 Å². The highest BCUT2D eigenvalue weighted by molar-refractivity contribution is 7.29. The Labute approximate surface area is 156 Å². The molecule has 0 amide bonds. The van der Waals surface area contributed by atoms with Gasteiger partial charge in [0.05, 0.1) is 11.4 Å². The standard InChI is InChI=1S/C20H12N4S2/c1-3-7-13-11(5-1)9-15(21-13)17-23-19-20(25-17)24-18(26-19)16-10-12-6-2-4-8-14(12)22-16/h1-10,21-22H. The van der Waals surface area contributed by atoms with E-state index in [9.17, 15) is 0 Å². The van der Waals surface area contributed by atoms with Crippen molar-refractivity contribution in [1.29, 1.82) is 0 Å². The Morgan fingerprint density at radius 3 is 1.54 bits per heavy atom. The smallest absolute Gasteiger partial charge is 0.156 e. The summed E-state index contributed by atoms with van der Waals surface area (Å²) in [6.07, 6.45) is 0. The van der Waals surface area contributed by atoms with Crippen molar-refractivity contribution in [3.63, 3.8) is 0 Å². The number of aromatic nitrogens is 4. The second-order valence-electron chi connectivity index (χ2n) is 6.19. The van der Waals surface area contributed by atoms with E-state index in [0.717, 1.165) is 42.1 Å². The third-order valence-electron chi connectivity index (χ3n) is 4.50. The molecule has 2 N–H and O–H groups in total. The van der Waals surface area contributed by atoms with E-state index >= 15 is 0 Å². The molecule has 0 radical (unpaired) electrons. The van der Waals surface area contributed by atoms with Crippen LogP contribution in [0.3, 0.4) is 0 Å². The minimum atomic E-state index is 0.984. The zero-order valence-corrected chi connectivity index (χ0v) is 15.1. The summed E-state index contributed by atoms with van der Waals surface area (Å²) < 4.78 is 0. The maximum Gasteiger partial charge on any atom is 0.156 e. The van der Waals surface area contributed by atoms with Crippen molar-refractivity contribution in [1.82, 2.24) is 19.9 Å². The molecule has 6 heteroatoms. The van der Waals surface area contributed by atoms with E-state index in [1.54, 1.807) is 22.7 Å². The topological polar surface area (TPSA) is 57.4 Å². The number of benzene rings is 2.